The number of pyridine rings is 1. The number of benzene rings is 1. The molecular weight excluding hydrogens is 594 g/mol. The third-order valence-corrected chi connectivity index (χ3v) is 10.5. The summed E-state index contributed by atoms with van der Waals surface area (Å²) in [6, 6.07) is 9.04. The Morgan fingerprint density at radius 3 is 2.60 bits per heavy atom. The van der Waals surface area contributed by atoms with Crippen LogP contribution in [0.15, 0.2) is 48.8 Å². The Morgan fingerprint density at radius 2 is 1.89 bits per heavy atom. The summed E-state index contributed by atoms with van der Waals surface area (Å²) in [5.74, 6) is 0.275. The highest BCUT2D eigenvalue weighted by atomic mass is 16.5. The van der Waals surface area contributed by atoms with Gasteiger partial charge in [0.2, 0.25) is 0 Å². The first-order chi connectivity index (χ1) is 22.7. The molecule has 47 heavy (non-hydrogen) atoms. The van der Waals surface area contributed by atoms with Crippen molar-refractivity contribution in [3.8, 4) is 11.5 Å². The zero-order valence-electron chi connectivity index (χ0n) is 27.5. The fourth-order valence-corrected chi connectivity index (χ4v) is 7.88. The number of hydrogen-bond acceptors (Lipinski definition) is 8. The highest BCUT2D eigenvalue weighted by molar-refractivity contribution is 6.05. The SMILES string of the molecule is CC[C@H]1CCCC[C@@H]1CCCC(=O)[C@H](O)C(=O)CCc1cc(OC)c(O)c([C@@H]2c3ccnc(N)c3C=C[C@@]2(CO)Cc2ccc[n-]2)c1. The predicted octanol–water partition coefficient (Wildman–Crippen LogP) is 5.53. The number of nitrogen functional groups attached to an aromatic ring is 1. The van der Waals surface area contributed by atoms with Gasteiger partial charge >= 0.3 is 0 Å². The van der Waals surface area contributed by atoms with Crippen molar-refractivity contribution in [1.82, 2.24) is 9.97 Å². The second-order valence-corrected chi connectivity index (χ2v) is 13.3. The molecule has 1 saturated carbocycles. The van der Waals surface area contributed by atoms with Gasteiger partial charge in [-0.3, -0.25) is 9.59 Å². The summed E-state index contributed by atoms with van der Waals surface area (Å²) in [4.78, 5) is 34.5. The minimum Gasteiger partial charge on any atom is -0.668 e. The molecule has 0 unspecified atom stereocenters. The molecule has 252 valence electrons. The molecule has 2 aliphatic carbocycles. The van der Waals surface area contributed by atoms with E-state index in [0.717, 1.165) is 24.1 Å². The highest BCUT2D eigenvalue weighted by Gasteiger charge is 2.43. The van der Waals surface area contributed by atoms with Crippen molar-refractivity contribution >= 4 is 23.5 Å². The van der Waals surface area contributed by atoms with Crippen molar-refractivity contribution in [2.75, 3.05) is 19.5 Å². The molecule has 0 radical (unpaired) electrons. The Labute approximate surface area is 277 Å². The van der Waals surface area contributed by atoms with Gasteiger partial charge in [0.05, 0.1) is 13.7 Å². The Bertz CT molecular complexity index is 1570. The van der Waals surface area contributed by atoms with Crippen LogP contribution in [0.2, 0.25) is 0 Å². The van der Waals surface area contributed by atoms with E-state index < -0.39 is 29.0 Å². The van der Waals surface area contributed by atoms with Gasteiger partial charge in [-0.1, -0.05) is 69.4 Å². The monoisotopic (exact) mass is 642 g/mol. The van der Waals surface area contributed by atoms with Gasteiger partial charge in [-0.15, -0.1) is 0 Å². The summed E-state index contributed by atoms with van der Waals surface area (Å²) < 4.78 is 5.57. The lowest BCUT2D eigenvalue weighted by molar-refractivity contribution is -0.138. The number of aliphatic hydroxyl groups is 2. The van der Waals surface area contributed by atoms with Gasteiger partial charge in [0.25, 0.3) is 0 Å². The largest absolute Gasteiger partial charge is 0.668 e. The van der Waals surface area contributed by atoms with Crippen molar-refractivity contribution in [3.05, 3.63) is 76.7 Å². The minimum absolute atomic E-state index is 0.0542. The number of phenolic OH excluding ortho intramolecular Hbond substituents is 1. The molecule has 9 nitrogen and oxygen atoms in total. The summed E-state index contributed by atoms with van der Waals surface area (Å²) in [7, 11) is 1.45. The first-order valence-electron chi connectivity index (χ1n) is 17.0. The summed E-state index contributed by atoms with van der Waals surface area (Å²) in [6.07, 6.45) is 14.0. The molecule has 0 amide bonds. The van der Waals surface area contributed by atoms with Gasteiger partial charge in [0.1, 0.15) is 5.82 Å². The van der Waals surface area contributed by atoms with Crippen LogP contribution in [-0.4, -0.2) is 51.7 Å². The number of rotatable bonds is 15. The number of methoxy groups -OCH3 is 1. The number of aliphatic hydroxyl groups excluding tert-OH is 2. The average molecular weight is 643 g/mol. The van der Waals surface area contributed by atoms with Crippen LogP contribution in [0.3, 0.4) is 0 Å². The Balaban J connectivity index is 1.35. The number of hydrogen-bond donors (Lipinski definition) is 4. The number of aromatic hydroxyl groups is 1. The number of phenols is 1. The van der Waals surface area contributed by atoms with E-state index in [0.29, 0.717) is 47.2 Å². The van der Waals surface area contributed by atoms with E-state index in [4.69, 9.17) is 10.5 Å². The first-order valence-corrected chi connectivity index (χ1v) is 17.0. The van der Waals surface area contributed by atoms with E-state index in [2.05, 4.69) is 16.9 Å². The van der Waals surface area contributed by atoms with E-state index in [1.807, 2.05) is 30.4 Å². The second kappa shape index (κ2) is 15.3. The summed E-state index contributed by atoms with van der Waals surface area (Å²) in [5, 5.41) is 33.1. The van der Waals surface area contributed by atoms with E-state index in [1.165, 1.54) is 32.8 Å². The fourth-order valence-electron chi connectivity index (χ4n) is 7.88. The van der Waals surface area contributed by atoms with Crippen molar-refractivity contribution in [3.63, 3.8) is 0 Å². The number of anilines is 1. The molecule has 9 heteroatoms. The normalized spacial score (nSPS) is 22.9. The molecule has 0 saturated heterocycles. The lowest BCUT2D eigenvalue weighted by Crippen LogP contribution is -2.37. The summed E-state index contributed by atoms with van der Waals surface area (Å²) in [5.41, 5.74) is 8.83. The van der Waals surface area contributed by atoms with Crippen LogP contribution in [0.4, 0.5) is 5.82 Å². The molecule has 3 aromatic rings. The lowest BCUT2D eigenvalue weighted by atomic mass is 9.63. The molecule has 5 N–H and O–H groups in total. The Morgan fingerprint density at radius 1 is 1.13 bits per heavy atom. The highest BCUT2D eigenvalue weighted by Crippen LogP contribution is 2.53. The van der Waals surface area contributed by atoms with Gasteiger partial charge in [0, 0.05) is 41.5 Å². The van der Waals surface area contributed by atoms with E-state index in [1.54, 1.807) is 24.5 Å². The summed E-state index contributed by atoms with van der Waals surface area (Å²) >= 11 is 0. The topological polar surface area (TPSA) is 157 Å². The van der Waals surface area contributed by atoms with Gasteiger partial charge in [-0.05, 0) is 60.8 Å². The number of aromatic nitrogens is 2. The van der Waals surface area contributed by atoms with Crippen molar-refractivity contribution < 1.29 is 29.6 Å². The van der Waals surface area contributed by atoms with Gasteiger partial charge in [-0.2, -0.15) is 11.9 Å². The first kappa shape index (κ1) is 34.4. The van der Waals surface area contributed by atoms with Crippen LogP contribution in [0.1, 0.15) is 98.6 Å². The fraction of sp³-hybridized carbons (Fsp3) is 0.500. The molecule has 0 aliphatic heterocycles. The van der Waals surface area contributed by atoms with E-state index >= 15 is 0 Å². The number of nitrogens with two attached hydrogens (primary N) is 1. The number of fused-ring (bicyclic) bond motifs is 1. The number of ether oxygens (including phenoxy) is 1. The van der Waals surface area contributed by atoms with Crippen LogP contribution in [0.5, 0.6) is 11.5 Å². The van der Waals surface area contributed by atoms with Crippen molar-refractivity contribution in [1.29, 1.82) is 0 Å². The van der Waals surface area contributed by atoms with E-state index in [9.17, 15) is 24.9 Å². The molecule has 5 atom stereocenters. The third-order valence-electron chi connectivity index (χ3n) is 10.5. The number of carbonyl (C=O) groups excluding carboxylic acids is 2. The minimum atomic E-state index is -1.65. The van der Waals surface area contributed by atoms with Crippen LogP contribution in [0, 0.1) is 17.3 Å². The average Bonchev–Trinajstić information content (AvgIpc) is 3.60. The Hall–Kier alpha value is -3.95. The summed E-state index contributed by atoms with van der Waals surface area (Å²) in [6.45, 7) is 1.98. The lowest BCUT2D eigenvalue weighted by Gasteiger charge is -2.42. The van der Waals surface area contributed by atoms with Crippen molar-refractivity contribution in [2.45, 2.75) is 89.6 Å². The number of ketones is 2. The maximum Gasteiger partial charge on any atom is 0.170 e. The molecule has 5 rings (SSSR count). The zero-order chi connectivity index (χ0) is 33.6. The molecule has 0 bridgehead atoms. The number of nitrogens with zero attached hydrogens (tertiary/aromatic N) is 2. The smallest absolute Gasteiger partial charge is 0.170 e. The third kappa shape index (κ3) is 7.47. The molecule has 2 aliphatic rings. The Kier molecular flexibility index (Phi) is 11.2. The number of Topliss-reactive ketones (excluding diaryl/α,β-unsaturated/α-hetero) is 2. The van der Waals surface area contributed by atoms with Gasteiger partial charge in [0.15, 0.2) is 29.2 Å². The van der Waals surface area contributed by atoms with Gasteiger partial charge < -0.3 is 30.8 Å². The number of aryl methyl sites for hydroxylation is 1. The quantitative estimate of drug-likeness (QED) is 0.156. The maximum atomic E-state index is 13.0. The van der Waals surface area contributed by atoms with Crippen LogP contribution in [-0.2, 0) is 22.4 Å². The van der Waals surface area contributed by atoms with Crippen LogP contribution >= 0.6 is 0 Å². The molecular formula is C38H48N3O6-. The van der Waals surface area contributed by atoms with E-state index in [-0.39, 0.29) is 37.4 Å². The molecule has 0 spiro atoms. The molecule has 1 fully saturated rings. The molecule has 2 heterocycles. The molecule has 1 aromatic carbocycles. The molecule has 2 aromatic heterocycles. The van der Waals surface area contributed by atoms with Crippen LogP contribution in [0.25, 0.3) is 6.08 Å². The number of carbonyl (C=O) groups is 2. The zero-order valence-corrected chi connectivity index (χ0v) is 27.5. The maximum absolute atomic E-state index is 13.0. The second-order valence-electron chi connectivity index (χ2n) is 13.3. The standard InChI is InChI=1S/C38H48N3O6/c1-3-25-8-4-5-9-26(25)10-6-12-31(43)36(46)32(44)14-13-24-20-30(35(45)33(21-24)47-2)34-28-16-19-41-37(39)29(28)15-17-38(34,23-42)22-27-11-7-18-40-27/h7,11,15-21,25-26,34,36,42,45-46H,3-6,8-10,12-14,22-23H2,1-2H3,(H2,39,41)/q-1/t25-,26+,34-,36-,38-/m0/s1. The van der Waals surface area contributed by atoms with Gasteiger partial charge in [-0.25, -0.2) is 4.98 Å². The van der Waals surface area contributed by atoms with Crippen molar-refractivity contribution in [2.24, 2.45) is 17.3 Å². The van der Waals surface area contributed by atoms with Crippen LogP contribution < -0.4 is 15.5 Å². The predicted molar refractivity (Wildman–Crippen MR) is 181 cm³/mol.